The van der Waals surface area contributed by atoms with Crippen molar-refractivity contribution in [3.8, 4) is 0 Å². The fraction of sp³-hybridized carbons (Fsp3) is 0.208. The minimum Gasteiger partial charge on any atom is -0.462 e. The van der Waals surface area contributed by atoms with E-state index >= 15 is 0 Å². The number of hydrogen-bond donors (Lipinski definition) is 1. The molecule has 2 aromatic carbocycles. The van der Waals surface area contributed by atoms with Crippen LogP contribution in [-0.4, -0.2) is 31.1 Å². The van der Waals surface area contributed by atoms with E-state index in [0.29, 0.717) is 5.56 Å². The normalized spacial score (nSPS) is 10.9. The molecule has 1 amide bonds. The van der Waals surface area contributed by atoms with Crippen LogP contribution in [0.15, 0.2) is 48.5 Å². The molecule has 0 aliphatic carbocycles. The van der Waals surface area contributed by atoms with Crippen LogP contribution in [0.3, 0.4) is 0 Å². The van der Waals surface area contributed by atoms with E-state index < -0.39 is 17.8 Å². The Morgan fingerprint density at radius 1 is 0.968 bits per heavy atom. The maximum atomic E-state index is 12.6. The van der Waals surface area contributed by atoms with Crippen molar-refractivity contribution in [2.45, 2.75) is 20.8 Å². The molecular weight excluding hydrogens is 414 g/mol. The zero-order valence-electron chi connectivity index (χ0n) is 17.6. The average Bonchev–Trinajstić information content (AvgIpc) is 3.08. The monoisotopic (exact) mass is 437 g/mol. The Morgan fingerprint density at radius 2 is 1.65 bits per heavy atom. The number of thiophene rings is 1. The molecule has 6 nitrogen and oxygen atoms in total. The summed E-state index contributed by atoms with van der Waals surface area (Å²) >= 11 is 1.000. The minimum atomic E-state index is -0.597. The molecule has 0 aliphatic rings. The third kappa shape index (κ3) is 5.00. The fourth-order valence-electron chi connectivity index (χ4n) is 3.16. The van der Waals surface area contributed by atoms with Gasteiger partial charge in [-0.05, 0) is 48.7 Å². The van der Waals surface area contributed by atoms with E-state index in [4.69, 9.17) is 9.47 Å². The van der Waals surface area contributed by atoms with E-state index in [1.165, 1.54) is 6.08 Å². The van der Waals surface area contributed by atoms with Crippen molar-refractivity contribution in [3.05, 3.63) is 70.1 Å². The number of fused-ring (bicyclic) bond motifs is 1. The van der Waals surface area contributed by atoms with Gasteiger partial charge in [0.1, 0.15) is 9.88 Å². The fourth-order valence-corrected chi connectivity index (χ4v) is 4.25. The van der Waals surface area contributed by atoms with Gasteiger partial charge in [-0.25, -0.2) is 9.59 Å². The quantitative estimate of drug-likeness (QED) is 0.405. The van der Waals surface area contributed by atoms with E-state index in [1.807, 2.05) is 42.5 Å². The van der Waals surface area contributed by atoms with Crippen molar-refractivity contribution < 1.29 is 23.9 Å². The van der Waals surface area contributed by atoms with Crippen molar-refractivity contribution in [1.82, 2.24) is 0 Å². The Balaban J connectivity index is 1.89. The summed E-state index contributed by atoms with van der Waals surface area (Å²) in [4.78, 5) is 37.6. The van der Waals surface area contributed by atoms with E-state index in [1.54, 1.807) is 26.8 Å². The highest BCUT2D eigenvalue weighted by Gasteiger charge is 2.27. The maximum absolute atomic E-state index is 12.6. The summed E-state index contributed by atoms with van der Waals surface area (Å²) in [6, 6.07) is 13.7. The Kier molecular flexibility index (Phi) is 7.20. The van der Waals surface area contributed by atoms with E-state index in [-0.39, 0.29) is 28.7 Å². The molecule has 3 aromatic rings. The summed E-state index contributed by atoms with van der Waals surface area (Å²) in [7, 11) is 0. The first-order valence-corrected chi connectivity index (χ1v) is 10.7. The summed E-state index contributed by atoms with van der Waals surface area (Å²) in [6.07, 6.45) is 3.12. The molecule has 1 aromatic heterocycles. The van der Waals surface area contributed by atoms with E-state index in [9.17, 15) is 14.4 Å². The van der Waals surface area contributed by atoms with Gasteiger partial charge in [-0.15, -0.1) is 11.3 Å². The number of rotatable bonds is 7. The first-order chi connectivity index (χ1) is 15.0. The molecule has 0 radical (unpaired) electrons. The molecular formula is C24H23NO5S. The molecule has 0 atom stereocenters. The lowest BCUT2D eigenvalue weighted by Crippen LogP contribution is -2.13. The predicted molar refractivity (Wildman–Crippen MR) is 123 cm³/mol. The van der Waals surface area contributed by atoms with Gasteiger partial charge in [0.25, 0.3) is 0 Å². The molecule has 0 saturated heterocycles. The molecule has 0 fully saturated rings. The summed E-state index contributed by atoms with van der Waals surface area (Å²) in [6.45, 7) is 5.42. The van der Waals surface area contributed by atoms with Crippen molar-refractivity contribution in [2.24, 2.45) is 0 Å². The van der Waals surface area contributed by atoms with Gasteiger partial charge < -0.3 is 14.8 Å². The SMILES string of the molecule is CCOC(=O)c1sc(NC(=O)/C=C/c2cccc3ccccc23)c(C(=O)OCC)c1C. The standard InChI is InChI=1S/C24H23NO5S/c1-4-29-23(27)20-15(3)21(24(28)30-5-2)31-22(20)25-19(26)14-13-17-11-8-10-16-9-6-7-12-18(16)17/h6-14H,4-5H2,1-3H3,(H,25,26)/b14-13+. The van der Waals surface area contributed by atoms with Crippen LogP contribution in [0.4, 0.5) is 5.00 Å². The number of hydrogen-bond acceptors (Lipinski definition) is 6. The minimum absolute atomic E-state index is 0.168. The van der Waals surface area contributed by atoms with Gasteiger partial charge in [0.2, 0.25) is 5.91 Å². The lowest BCUT2D eigenvalue weighted by molar-refractivity contribution is -0.111. The van der Waals surface area contributed by atoms with Crippen LogP contribution in [0.1, 0.15) is 45.0 Å². The van der Waals surface area contributed by atoms with Gasteiger partial charge in [0.05, 0.1) is 18.8 Å². The van der Waals surface area contributed by atoms with Gasteiger partial charge in [-0.3, -0.25) is 4.79 Å². The molecule has 0 aliphatic heterocycles. The van der Waals surface area contributed by atoms with Crippen LogP contribution in [-0.2, 0) is 14.3 Å². The summed E-state index contributed by atoms with van der Waals surface area (Å²) < 4.78 is 10.2. The third-order valence-corrected chi connectivity index (χ3v) is 5.75. The van der Waals surface area contributed by atoms with Gasteiger partial charge in [0, 0.05) is 6.08 Å². The molecule has 0 spiro atoms. The van der Waals surface area contributed by atoms with Gasteiger partial charge >= 0.3 is 11.9 Å². The number of carbonyl (C=O) groups excluding carboxylic acids is 3. The number of carbonyl (C=O) groups is 3. The highest BCUT2D eigenvalue weighted by Crippen LogP contribution is 2.34. The van der Waals surface area contributed by atoms with Crippen LogP contribution in [0.25, 0.3) is 16.8 Å². The number of nitrogens with one attached hydrogen (secondary N) is 1. The Morgan fingerprint density at radius 3 is 2.39 bits per heavy atom. The Bertz CT molecular complexity index is 1160. The first kappa shape index (κ1) is 22.2. The van der Waals surface area contributed by atoms with Crippen LogP contribution in [0, 0.1) is 6.92 Å². The lowest BCUT2D eigenvalue weighted by atomic mass is 10.0. The average molecular weight is 438 g/mol. The van der Waals surface area contributed by atoms with Gasteiger partial charge in [0.15, 0.2) is 0 Å². The van der Waals surface area contributed by atoms with Crippen molar-refractivity contribution >= 4 is 51.0 Å². The molecule has 1 N–H and O–H groups in total. The molecule has 7 heteroatoms. The largest absolute Gasteiger partial charge is 0.462 e. The van der Waals surface area contributed by atoms with E-state index in [2.05, 4.69) is 5.32 Å². The van der Waals surface area contributed by atoms with Crippen molar-refractivity contribution in [2.75, 3.05) is 18.5 Å². The summed E-state index contributed by atoms with van der Waals surface area (Å²) in [5.74, 6) is -1.56. The van der Waals surface area contributed by atoms with Crippen LogP contribution >= 0.6 is 11.3 Å². The number of benzene rings is 2. The van der Waals surface area contributed by atoms with E-state index in [0.717, 1.165) is 27.7 Å². The highest BCUT2D eigenvalue weighted by molar-refractivity contribution is 7.18. The molecule has 3 rings (SSSR count). The summed E-state index contributed by atoms with van der Waals surface area (Å²) in [5.41, 5.74) is 1.49. The van der Waals surface area contributed by atoms with Crippen LogP contribution in [0.2, 0.25) is 0 Å². The highest BCUT2D eigenvalue weighted by atomic mass is 32.1. The number of anilines is 1. The van der Waals surface area contributed by atoms with Gasteiger partial charge in [-0.1, -0.05) is 42.5 Å². The molecule has 0 saturated carbocycles. The Labute approximate surface area is 184 Å². The molecule has 31 heavy (non-hydrogen) atoms. The molecule has 0 unspecified atom stereocenters. The van der Waals surface area contributed by atoms with Gasteiger partial charge in [-0.2, -0.15) is 0 Å². The zero-order chi connectivity index (χ0) is 22.4. The molecule has 0 bridgehead atoms. The predicted octanol–water partition coefficient (Wildman–Crippen LogP) is 5.22. The number of ether oxygens (including phenoxy) is 2. The number of amides is 1. The topological polar surface area (TPSA) is 81.7 Å². The summed E-state index contributed by atoms with van der Waals surface area (Å²) in [5, 5.41) is 5.06. The number of esters is 2. The second kappa shape index (κ2) is 10.0. The van der Waals surface area contributed by atoms with Crippen LogP contribution < -0.4 is 5.32 Å². The molecule has 1 heterocycles. The van der Waals surface area contributed by atoms with Crippen molar-refractivity contribution in [1.29, 1.82) is 0 Å². The maximum Gasteiger partial charge on any atom is 0.348 e. The van der Waals surface area contributed by atoms with Crippen LogP contribution in [0.5, 0.6) is 0 Å². The second-order valence-electron chi connectivity index (χ2n) is 6.59. The third-order valence-electron chi connectivity index (χ3n) is 4.56. The van der Waals surface area contributed by atoms with Crippen molar-refractivity contribution in [3.63, 3.8) is 0 Å². The molecule has 160 valence electrons. The smallest absolute Gasteiger partial charge is 0.348 e. The lowest BCUT2D eigenvalue weighted by Gasteiger charge is -2.06. The zero-order valence-corrected chi connectivity index (χ0v) is 18.4. The Hall–Kier alpha value is -3.45. The second-order valence-corrected chi connectivity index (χ2v) is 7.61. The first-order valence-electron chi connectivity index (χ1n) is 9.90.